The summed E-state index contributed by atoms with van der Waals surface area (Å²) in [4.78, 5) is 5.95. The molecule has 1 fully saturated rings. The molecule has 0 bridgehead atoms. The fourth-order valence-corrected chi connectivity index (χ4v) is 4.05. The van der Waals surface area contributed by atoms with Crippen LogP contribution in [0.1, 0.15) is 18.5 Å². The molecule has 1 aliphatic rings. The third-order valence-corrected chi connectivity index (χ3v) is 5.34. The van der Waals surface area contributed by atoms with Gasteiger partial charge in [0, 0.05) is 47.1 Å². The van der Waals surface area contributed by atoms with Crippen LogP contribution in [-0.2, 0) is 0 Å². The number of aromatic nitrogens is 3. The van der Waals surface area contributed by atoms with Crippen molar-refractivity contribution in [3.05, 3.63) is 54.4 Å². The van der Waals surface area contributed by atoms with E-state index >= 15 is 0 Å². The summed E-state index contributed by atoms with van der Waals surface area (Å²) >= 11 is 0. The van der Waals surface area contributed by atoms with Crippen molar-refractivity contribution >= 4 is 33.2 Å². The summed E-state index contributed by atoms with van der Waals surface area (Å²) in [5.41, 5.74) is 5.98. The van der Waals surface area contributed by atoms with Crippen molar-refractivity contribution in [3.63, 3.8) is 0 Å². The van der Waals surface area contributed by atoms with Crippen LogP contribution in [-0.4, -0.2) is 34.3 Å². The fraction of sp³-hybridized carbons (Fsp3) is 0.286. The number of nitrogens with one attached hydrogen (secondary N) is 3. The lowest BCUT2D eigenvalue weighted by molar-refractivity contribution is 0.530. The normalized spacial score (nSPS) is 17.9. The summed E-state index contributed by atoms with van der Waals surface area (Å²) in [7, 11) is 0. The standard InChI is InChI=1S/C21H23N5/c1-14-9-15-4-6-19(11-21(15)23-14)26-8-2-3-18(13-26)24-17-5-7-20-16(10-17)12-22-25-20/h4-7,9-12,18,23-24H,2-3,8,13H2,1H3,(H,22,25). The maximum Gasteiger partial charge on any atom is 0.0651 e. The van der Waals surface area contributed by atoms with Gasteiger partial charge in [0.1, 0.15) is 0 Å². The lowest BCUT2D eigenvalue weighted by Crippen LogP contribution is -2.42. The average Bonchev–Trinajstić information content (AvgIpc) is 3.26. The molecule has 4 aromatic rings. The van der Waals surface area contributed by atoms with E-state index in [4.69, 9.17) is 0 Å². The van der Waals surface area contributed by atoms with Gasteiger partial charge in [-0.05, 0) is 61.5 Å². The Hall–Kier alpha value is -2.95. The van der Waals surface area contributed by atoms with Crippen LogP contribution < -0.4 is 10.2 Å². The maximum absolute atomic E-state index is 4.10. The summed E-state index contributed by atoms with van der Waals surface area (Å²) < 4.78 is 0. The zero-order valence-electron chi connectivity index (χ0n) is 14.9. The smallest absolute Gasteiger partial charge is 0.0651 e. The molecule has 2 aromatic carbocycles. The quantitative estimate of drug-likeness (QED) is 0.515. The molecule has 0 spiro atoms. The van der Waals surface area contributed by atoms with Crippen LogP contribution >= 0.6 is 0 Å². The number of benzene rings is 2. The van der Waals surface area contributed by atoms with Crippen LogP contribution in [0.15, 0.2) is 48.7 Å². The molecule has 0 saturated carbocycles. The Morgan fingerprint density at radius 1 is 1.08 bits per heavy atom. The second-order valence-corrected chi connectivity index (χ2v) is 7.33. The molecule has 132 valence electrons. The minimum atomic E-state index is 0.453. The summed E-state index contributed by atoms with van der Waals surface area (Å²) in [6.07, 6.45) is 4.28. The van der Waals surface area contributed by atoms with Gasteiger partial charge in [0.2, 0.25) is 0 Å². The van der Waals surface area contributed by atoms with Crippen molar-refractivity contribution in [2.75, 3.05) is 23.3 Å². The lowest BCUT2D eigenvalue weighted by atomic mass is 10.0. The summed E-state index contributed by atoms with van der Waals surface area (Å²) in [5, 5.41) is 13.3. The number of fused-ring (bicyclic) bond motifs is 2. The number of piperidine rings is 1. The fourth-order valence-electron chi connectivity index (χ4n) is 4.05. The molecule has 0 radical (unpaired) electrons. The molecule has 1 saturated heterocycles. The van der Waals surface area contributed by atoms with E-state index in [1.54, 1.807) is 0 Å². The van der Waals surface area contributed by atoms with Crippen LogP contribution in [0.4, 0.5) is 11.4 Å². The van der Waals surface area contributed by atoms with Crippen molar-refractivity contribution in [2.45, 2.75) is 25.8 Å². The number of hydrogen-bond acceptors (Lipinski definition) is 3. The van der Waals surface area contributed by atoms with E-state index in [0.717, 1.165) is 24.0 Å². The van der Waals surface area contributed by atoms with Crippen LogP contribution in [0.5, 0.6) is 0 Å². The molecule has 0 amide bonds. The first-order chi connectivity index (χ1) is 12.7. The second kappa shape index (κ2) is 6.09. The van der Waals surface area contributed by atoms with Crippen molar-refractivity contribution in [1.29, 1.82) is 0 Å². The largest absolute Gasteiger partial charge is 0.381 e. The first-order valence-electron chi connectivity index (χ1n) is 9.29. The van der Waals surface area contributed by atoms with Crippen LogP contribution in [0, 0.1) is 6.92 Å². The highest BCUT2D eigenvalue weighted by molar-refractivity contribution is 5.84. The molecule has 5 heteroatoms. The minimum Gasteiger partial charge on any atom is -0.381 e. The van der Waals surface area contributed by atoms with Gasteiger partial charge in [0.25, 0.3) is 0 Å². The number of anilines is 2. The molecule has 5 rings (SSSR count). The van der Waals surface area contributed by atoms with E-state index in [-0.39, 0.29) is 0 Å². The Kier molecular flexibility index (Phi) is 3.59. The van der Waals surface area contributed by atoms with Crippen LogP contribution in [0.3, 0.4) is 0 Å². The highest BCUT2D eigenvalue weighted by Gasteiger charge is 2.20. The third-order valence-electron chi connectivity index (χ3n) is 5.34. The Bertz CT molecular complexity index is 1060. The highest BCUT2D eigenvalue weighted by atomic mass is 15.2. The van der Waals surface area contributed by atoms with Gasteiger partial charge in [-0.1, -0.05) is 6.07 Å². The van der Waals surface area contributed by atoms with E-state index in [2.05, 4.69) is 74.8 Å². The van der Waals surface area contributed by atoms with Gasteiger partial charge < -0.3 is 15.2 Å². The number of aryl methyl sites for hydroxylation is 1. The molecule has 1 aliphatic heterocycles. The van der Waals surface area contributed by atoms with E-state index in [1.807, 2.05) is 6.20 Å². The molecule has 1 atom stereocenters. The Morgan fingerprint density at radius 2 is 2.04 bits per heavy atom. The van der Waals surface area contributed by atoms with E-state index in [1.165, 1.54) is 40.8 Å². The zero-order chi connectivity index (χ0) is 17.5. The summed E-state index contributed by atoms with van der Waals surface area (Å²) in [5.74, 6) is 0. The van der Waals surface area contributed by atoms with Crippen molar-refractivity contribution in [2.24, 2.45) is 0 Å². The van der Waals surface area contributed by atoms with Gasteiger partial charge >= 0.3 is 0 Å². The maximum atomic E-state index is 4.10. The Morgan fingerprint density at radius 3 is 3.00 bits per heavy atom. The minimum absolute atomic E-state index is 0.453. The average molecular weight is 345 g/mol. The first kappa shape index (κ1) is 15.3. The molecular formula is C21H23N5. The second-order valence-electron chi connectivity index (χ2n) is 7.33. The summed E-state index contributed by atoms with van der Waals surface area (Å²) in [6, 6.07) is 15.8. The van der Waals surface area contributed by atoms with E-state index < -0.39 is 0 Å². The Balaban J connectivity index is 1.34. The van der Waals surface area contributed by atoms with Gasteiger partial charge in [-0.2, -0.15) is 5.10 Å². The molecule has 2 aromatic heterocycles. The number of hydrogen-bond donors (Lipinski definition) is 3. The molecule has 0 aliphatic carbocycles. The predicted molar refractivity (Wildman–Crippen MR) is 108 cm³/mol. The van der Waals surface area contributed by atoms with Gasteiger partial charge in [0.15, 0.2) is 0 Å². The molecule has 3 N–H and O–H groups in total. The van der Waals surface area contributed by atoms with Gasteiger partial charge in [-0.15, -0.1) is 0 Å². The highest BCUT2D eigenvalue weighted by Crippen LogP contribution is 2.26. The van der Waals surface area contributed by atoms with E-state index in [0.29, 0.717) is 6.04 Å². The molecule has 5 nitrogen and oxygen atoms in total. The number of nitrogens with zero attached hydrogens (tertiary/aromatic N) is 2. The van der Waals surface area contributed by atoms with Gasteiger partial charge in [-0.3, -0.25) is 5.10 Å². The monoisotopic (exact) mass is 345 g/mol. The number of rotatable bonds is 3. The topological polar surface area (TPSA) is 59.7 Å². The summed E-state index contributed by atoms with van der Waals surface area (Å²) in [6.45, 7) is 4.25. The SMILES string of the molecule is Cc1cc2ccc(N3CCCC(Nc4ccc5[nH]ncc5c4)C3)cc2[nH]1. The molecule has 3 heterocycles. The number of H-pyrrole nitrogens is 2. The Labute approximate surface area is 152 Å². The van der Waals surface area contributed by atoms with Crippen molar-refractivity contribution in [3.8, 4) is 0 Å². The molecular weight excluding hydrogens is 322 g/mol. The predicted octanol–water partition coefficient (Wildman–Crippen LogP) is 4.43. The third kappa shape index (κ3) is 2.79. The molecule has 1 unspecified atom stereocenters. The van der Waals surface area contributed by atoms with Gasteiger partial charge in [-0.25, -0.2) is 0 Å². The number of aromatic amines is 2. The zero-order valence-corrected chi connectivity index (χ0v) is 14.9. The van der Waals surface area contributed by atoms with Gasteiger partial charge in [0.05, 0.1) is 11.7 Å². The van der Waals surface area contributed by atoms with E-state index in [9.17, 15) is 0 Å². The molecule has 26 heavy (non-hydrogen) atoms. The van der Waals surface area contributed by atoms with Crippen LogP contribution in [0.2, 0.25) is 0 Å². The first-order valence-corrected chi connectivity index (χ1v) is 9.29. The van der Waals surface area contributed by atoms with Crippen LogP contribution in [0.25, 0.3) is 21.8 Å². The van der Waals surface area contributed by atoms with Crippen molar-refractivity contribution in [1.82, 2.24) is 15.2 Å². The van der Waals surface area contributed by atoms with Crippen molar-refractivity contribution < 1.29 is 0 Å². The lowest BCUT2D eigenvalue weighted by Gasteiger charge is -2.35.